The van der Waals surface area contributed by atoms with Crippen molar-refractivity contribution < 1.29 is 14.2 Å². The topological polar surface area (TPSA) is 58.6 Å². The summed E-state index contributed by atoms with van der Waals surface area (Å²) in [6.07, 6.45) is 1.17. The summed E-state index contributed by atoms with van der Waals surface area (Å²) in [4.78, 5) is 9.36. The molecule has 0 amide bonds. The van der Waals surface area contributed by atoms with Crippen molar-refractivity contribution in [2.45, 2.75) is 25.5 Å². The van der Waals surface area contributed by atoms with Gasteiger partial charge >= 0.3 is 0 Å². The van der Waals surface area contributed by atoms with Crippen molar-refractivity contribution in [3.8, 4) is 11.5 Å². The van der Waals surface area contributed by atoms with Gasteiger partial charge in [-0.2, -0.15) is 0 Å². The molecule has 0 bridgehead atoms. The van der Waals surface area contributed by atoms with E-state index < -0.39 is 0 Å². The van der Waals surface area contributed by atoms with Gasteiger partial charge in [-0.15, -0.1) is 0 Å². The summed E-state index contributed by atoms with van der Waals surface area (Å²) >= 11 is 0. The molecule has 0 aliphatic carbocycles. The SMILES string of the molecule is CN=C(NCC(C)Oc1ccccc1OC)N1CCC(N2CCOCC2)C1. The fraction of sp³-hybridized carbons (Fsp3) is 0.650. The molecule has 0 aromatic heterocycles. The Labute approximate surface area is 162 Å². The van der Waals surface area contributed by atoms with Crippen LogP contribution in [0.3, 0.4) is 0 Å². The fourth-order valence-electron chi connectivity index (χ4n) is 3.72. The number of rotatable bonds is 6. The molecule has 2 saturated heterocycles. The maximum atomic E-state index is 6.03. The van der Waals surface area contributed by atoms with Crippen LogP contribution in [-0.4, -0.2) is 88.0 Å². The van der Waals surface area contributed by atoms with Crippen LogP contribution < -0.4 is 14.8 Å². The highest BCUT2D eigenvalue weighted by Crippen LogP contribution is 2.26. The number of para-hydroxylation sites is 2. The summed E-state index contributed by atoms with van der Waals surface area (Å²) in [7, 11) is 3.50. The molecule has 2 fully saturated rings. The number of nitrogens with zero attached hydrogens (tertiary/aromatic N) is 3. The average Bonchev–Trinajstić information content (AvgIpc) is 3.19. The summed E-state index contributed by atoms with van der Waals surface area (Å²) in [5, 5.41) is 3.46. The molecule has 2 aliphatic heterocycles. The lowest BCUT2D eigenvalue weighted by Crippen LogP contribution is -2.47. The van der Waals surface area contributed by atoms with E-state index in [0.717, 1.165) is 56.9 Å². The van der Waals surface area contributed by atoms with Gasteiger partial charge in [-0.25, -0.2) is 0 Å². The van der Waals surface area contributed by atoms with E-state index in [4.69, 9.17) is 14.2 Å². The van der Waals surface area contributed by atoms with Gasteiger partial charge in [-0.1, -0.05) is 12.1 Å². The fourth-order valence-corrected chi connectivity index (χ4v) is 3.72. The van der Waals surface area contributed by atoms with Gasteiger partial charge in [0.15, 0.2) is 17.5 Å². The molecule has 2 heterocycles. The Hall–Kier alpha value is -1.99. The van der Waals surface area contributed by atoms with Gasteiger partial charge in [0.25, 0.3) is 0 Å². The second kappa shape index (κ2) is 9.80. The monoisotopic (exact) mass is 376 g/mol. The first-order valence-electron chi connectivity index (χ1n) is 9.78. The standard InChI is InChI=1S/C20H32N4O3/c1-16(27-19-7-5-4-6-18(19)25-3)14-22-20(21-2)24-9-8-17(15-24)23-10-12-26-13-11-23/h4-7,16-17H,8-15H2,1-3H3,(H,21,22). The van der Waals surface area contributed by atoms with Crippen molar-refractivity contribution in [1.29, 1.82) is 0 Å². The molecule has 27 heavy (non-hydrogen) atoms. The number of likely N-dealkylation sites (tertiary alicyclic amines) is 1. The maximum absolute atomic E-state index is 6.03. The molecule has 0 saturated carbocycles. The van der Waals surface area contributed by atoms with Gasteiger partial charge < -0.3 is 24.4 Å². The Morgan fingerprint density at radius 3 is 2.70 bits per heavy atom. The molecule has 7 nitrogen and oxygen atoms in total. The Bertz CT molecular complexity index is 619. The van der Waals surface area contributed by atoms with Crippen LogP contribution >= 0.6 is 0 Å². The van der Waals surface area contributed by atoms with E-state index in [2.05, 4.69) is 20.1 Å². The summed E-state index contributed by atoms with van der Waals surface area (Å²) in [6, 6.07) is 8.32. The Kier molecular flexibility index (Phi) is 7.18. The number of guanidine groups is 1. The molecular weight excluding hydrogens is 344 g/mol. The van der Waals surface area contributed by atoms with E-state index in [-0.39, 0.29) is 6.10 Å². The number of hydrogen-bond acceptors (Lipinski definition) is 5. The second-order valence-corrected chi connectivity index (χ2v) is 7.04. The lowest BCUT2D eigenvalue weighted by atomic mass is 10.2. The number of ether oxygens (including phenoxy) is 3. The van der Waals surface area contributed by atoms with Gasteiger partial charge in [-0.05, 0) is 25.5 Å². The molecule has 2 atom stereocenters. The van der Waals surface area contributed by atoms with Gasteiger partial charge in [-0.3, -0.25) is 9.89 Å². The predicted octanol–water partition coefficient (Wildman–Crippen LogP) is 1.44. The molecular formula is C20H32N4O3. The van der Waals surface area contributed by atoms with Crippen molar-refractivity contribution in [2.24, 2.45) is 4.99 Å². The Balaban J connectivity index is 1.47. The first kappa shape index (κ1) is 19.8. The first-order valence-corrected chi connectivity index (χ1v) is 9.78. The van der Waals surface area contributed by atoms with Crippen molar-refractivity contribution >= 4 is 5.96 Å². The highest BCUT2D eigenvalue weighted by atomic mass is 16.5. The van der Waals surface area contributed by atoms with E-state index in [1.54, 1.807) is 7.11 Å². The van der Waals surface area contributed by atoms with E-state index in [1.165, 1.54) is 6.42 Å². The van der Waals surface area contributed by atoms with Crippen LogP contribution in [0, 0.1) is 0 Å². The third-order valence-corrected chi connectivity index (χ3v) is 5.18. The molecule has 1 N–H and O–H groups in total. The number of hydrogen-bond donors (Lipinski definition) is 1. The lowest BCUT2D eigenvalue weighted by molar-refractivity contribution is 0.0194. The smallest absolute Gasteiger partial charge is 0.193 e. The van der Waals surface area contributed by atoms with Crippen LogP contribution in [0.25, 0.3) is 0 Å². The van der Waals surface area contributed by atoms with Crippen LogP contribution in [-0.2, 0) is 4.74 Å². The van der Waals surface area contributed by atoms with Gasteiger partial charge in [0.2, 0.25) is 0 Å². The second-order valence-electron chi connectivity index (χ2n) is 7.04. The number of morpholine rings is 1. The van der Waals surface area contributed by atoms with Crippen molar-refractivity contribution in [3.05, 3.63) is 24.3 Å². The van der Waals surface area contributed by atoms with E-state index in [1.807, 2.05) is 38.2 Å². The molecule has 2 unspecified atom stereocenters. The van der Waals surface area contributed by atoms with Crippen molar-refractivity contribution in [2.75, 3.05) is 60.1 Å². The molecule has 2 aliphatic rings. The summed E-state index contributed by atoms with van der Waals surface area (Å²) in [5.74, 6) is 2.46. The molecule has 0 radical (unpaired) electrons. The van der Waals surface area contributed by atoms with E-state index >= 15 is 0 Å². The summed E-state index contributed by atoms with van der Waals surface area (Å²) in [5.41, 5.74) is 0. The average molecular weight is 377 g/mol. The minimum atomic E-state index is -0.00399. The van der Waals surface area contributed by atoms with E-state index in [9.17, 15) is 0 Å². The molecule has 3 rings (SSSR count). The van der Waals surface area contributed by atoms with Crippen LogP contribution in [0.5, 0.6) is 11.5 Å². The zero-order valence-corrected chi connectivity index (χ0v) is 16.7. The van der Waals surface area contributed by atoms with Crippen LogP contribution in [0.15, 0.2) is 29.3 Å². The maximum Gasteiger partial charge on any atom is 0.193 e. The van der Waals surface area contributed by atoms with E-state index in [0.29, 0.717) is 12.6 Å². The zero-order valence-electron chi connectivity index (χ0n) is 16.7. The normalized spacial score (nSPS) is 22.6. The summed E-state index contributed by atoms with van der Waals surface area (Å²) < 4.78 is 16.9. The quantitative estimate of drug-likeness (QED) is 0.599. The Morgan fingerprint density at radius 2 is 2.00 bits per heavy atom. The predicted molar refractivity (Wildman–Crippen MR) is 107 cm³/mol. The Morgan fingerprint density at radius 1 is 1.26 bits per heavy atom. The molecule has 0 spiro atoms. The summed E-state index contributed by atoms with van der Waals surface area (Å²) in [6.45, 7) is 8.55. The highest BCUT2D eigenvalue weighted by molar-refractivity contribution is 5.80. The van der Waals surface area contributed by atoms with Crippen molar-refractivity contribution in [3.63, 3.8) is 0 Å². The highest BCUT2D eigenvalue weighted by Gasteiger charge is 2.30. The van der Waals surface area contributed by atoms with Crippen LogP contribution in [0.2, 0.25) is 0 Å². The van der Waals surface area contributed by atoms with Crippen LogP contribution in [0.1, 0.15) is 13.3 Å². The first-order chi connectivity index (χ1) is 13.2. The van der Waals surface area contributed by atoms with Crippen molar-refractivity contribution in [1.82, 2.24) is 15.1 Å². The lowest BCUT2D eigenvalue weighted by Gasteiger charge is -2.32. The number of benzene rings is 1. The van der Waals surface area contributed by atoms with Crippen LogP contribution in [0.4, 0.5) is 0 Å². The van der Waals surface area contributed by atoms with Gasteiger partial charge in [0.1, 0.15) is 6.10 Å². The van der Waals surface area contributed by atoms with Gasteiger partial charge in [0, 0.05) is 39.3 Å². The van der Waals surface area contributed by atoms with Gasteiger partial charge in [0.05, 0.1) is 26.9 Å². The molecule has 1 aromatic rings. The number of nitrogens with one attached hydrogen (secondary N) is 1. The zero-order chi connectivity index (χ0) is 19.1. The largest absolute Gasteiger partial charge is 0.493 e. The minimum absolute atomic E-state index is 0.00399. The minimum Gasteiger partial charge on any atom is -0.493 e. The molecule has 1 aromatic carbocycles. The number of methoxy groups -OCH3 is 1. The molecule has 7 heteroatoms. The molecule has 150 valence electrons. The third-order valence-electron chi connectivity index (χ3n) is 5.18. The third kappa shape index (κ3) is 5.26. The number of aliphatic imine (C=N–C) groups is 1.